The zero-order chi connectivity index (χ0) is 20.5. The van der Waals surface area contributed by atoms with E-state index in [4.69, 9.17) is 33.3 Å². The van der Waals surface area contributed by atoms with Gasteiger partial charge in [0.25, 0.3) is 0 Å². The van der Waals surface area contributed by atoms with Gasteiger partial charge in [-0.2, -0.15) is 5.10 Å². The number of nitrogens with one attached hydrogen (secondary N) is 1. The maximum atomic E-state index is 6.48. The zero-order valence-corrected chi connectivity index (χ0v) is 17.4. The molecule has 2 aromatic carbocycles. The quantitative estimate of drug-likeness (QED) is 0.450. The Labute approximate surface area is 184 Å². The molecule has 30 heavy (non-hydrogen) atoms. The van der Waals surface area contributed by atoms with Crippen molar-refractivity contribution in [3.63, 3.8) is 0 Å². The number of rotatable bonds is 4. The molecule has 3 heterocycles. The van der Waals surface area contributed by atoms with Gasteiger partial charge in [-0.3, -0.25) is 9.67 Å². The van der Waals surface area contributed by atoms with Crippen molar-refractivity contribution in [2.45, 2.75) is 13.2 Å². The summed E-state index contributed by atoms with van der Waals surface area (Å²) < 4.78 is 1.87. The molecule has 1 N–H and O–H groups in total. The Balaban J connectivity index is 1.55. The summed E-state index contributed by atoms with van der Waals surface area (Å²) >= 11 is 12.8. The molecule has 1 aliphatic heterocycles. The van der Waals surface area contributed by atoms with Crippen LogP contribution in [0, 0.1) is 0 Å². The fraction of sp³-hybridized carbons (Fsp3) is 0.0870. The molecule has 0 spiro atoms. The van der Waals surface area contributed by atoms with E-state index in [9.17, 15) is 0 Å². The number of hydrogen-bond acceptors (Lipinski definition) is 4. The van der Waals surface area contributed by atoms with Gasteiger partial charge in [0.2, 0.25) is 0 Å². The monoisotopic (exact) mass is 433 g/mol. The number of aromatic nitrogens is 3. The van der Waals surface area contributed by atoms with Crippen molar-refractivity contribution < 1.29 is 0 Å². The van der Waals surface area contributed by atoms with E-state index < -0.39 is 0 Å². The van der Waals surface area contributed by atoms with E-state index in [0.717, 1.165) is 39.5 Å². The minimum Gasteiger partial charge on any atom is -0.351 e. The largest absolute Gasteiger partial charge is 0.351 e. The van der Waals surface area contributed by atoms with Gasteiger partial charge in [-0.15, -0.1) is 0 Å². The summed E-state index contributed by atoms with van der Waals surface area (Å²) in [5.74, 6) is 0.800. The number of hydrogen-bond donors (Lipinski definition) is 1. The first kappa shape index (κ1) is 18.9. The Morgan fingerprint density at radius 2 is 1.80 bits per heavy atom. The summed E-state index contributed by atoms with van der Waals surface area (Å²) in [6.45, 7) is 1.01. The molecule has 7 heteroatoms. The first-order valence-electron chi connectivity index (χ1n) is 9.50. The minimum atomic E-state index is 0.506. The van der Waals surface area contributed by atoms with Gasteiger partial charge in [-0.25, -0.2) is 4.98 Å². The highest BCUT2D eigenvalue weighted by atomic mass is 35.5. The van der Waals surface area contributed by atoms with Gasteiger partial charge in [-0.1, -0.05) is 53.5 Å². The van der Waals surface area contributed by atoms with E-state index in [1.165, 1.54) is 0 Å². The number of aliphatic imine (C=N–C) groups is 1. The molecule has 0 bridgehead atoms. The average molecular weight is 434 g/mol. The third-order valence-electron chi connectivity index (χ3n) is 4.95. The number of anilines is 1. The summed E-state index contributed by atoms with van der Waals surface area (Å²) in [7, 11) is 0. The second kappa shape index (κ2) is 7.94. The van der Waals surface area contributed by atoms with Crippen molar-refractivity contribution in [2.75, 3.05) is 5.32 Å². The highest BCUT2D eigenvalue weighted by Gasteiger charge is 2.23. The molecule has 5 nitrogen and oxygen atoms in total. The number of fused-ring (bicyclic) bond motifs is 3. The van der Waals surface area contributed by atoms with Crippen molar-refractivity contribution in [3.05, 3.63) is 99.8 Å². The Hall–Kier alpha value is -3.15. The Morgan fingerprint density at radius 1 is 0.933 bits per heavy atom. The van der Waals surface area contributed by atoms with E-state index >= 15 is 0 Å². The Kier molecular flexibility index (Phi) is 4.99. The van der Waals surface area contributed by atoms with Crippen molar-refractivity contribution in [3.8, 4) is 11.3 Å². The second-order valence-corrected chi connectivity index (χ2v) is 7.77. The molecule has 0 saturated carbocycles. The van der Waals surface area contributed by atoms with Crippen LogP contribution in [0.3, 0.4) is 0 Å². The van der Waals surface area contributed by atoms with Crippen LogP contribution in [0.1, 0.15) is 16.7 Å². The summed E-state index contributed by atoms with van der Waals surface area (Å²) in [5, 5.41) is 9.41. The third-order valence-corrected chi connectivity index (χ3v) is 5.52. The van der Waals surface area contributed by atoms with Crippen LogP contribution in [0.4, 0.5) is 5.82 Å². The number of nitrogens with zero attached hydrogens (tertiary/aromatic N) is 4. The summed E-state index contributed by atoms with van der Waals surface area (Å²) in [6.07, 6.45) is 3.77. The standard InChI is InChI=1S/C23H17Cl2N5/c24-16-8-9-17-19(11-16)23(18-5-1-2-6-20(18)25)27-12-15-13-30(29-22(15)17)14-28-21-7-3-4-10-26-21/h1-11,13H,12,14H2,(H,26,28). The van der Waals surface area contributed by atoms with E-state index in [1.807, 2.05) is 71.5 Å². The lowest BCUT2D eigenvalue weighted by Crippen LogP contribution is -2.10. The molecule has 0 radical (unpaired) electrons. The highest BCUT2D eigenvalue weighted by molar-refractivity contribution is 6.36. The second-order valence-electron chi connectivity index (χ2n) is 6.93. The van der Waals surface area contributed by atoms with Crippen LogP contribution in [0.2, 0.25) is 10.0 Å². The van der Waals surface area contributed by atoms with Gasteiger partial charge in [0.1, 0.15) is 12.5 Å². The van der Waals surface area contributed by atoms with Gasteiger partial charge in [0, 0.05) is 44.7 Å². The van der Waals surface area contributed by atoms with E-state index in [0.29, 0.717) is 23.3 Å². The van der Waals surface area contributed by atoms with Crippen molar-refractivity contribution in [1.29, 1.82) is 0 Å². The first-order chi connectivity index (χ1) is 14.7. The number of pyridine rings is 1. The molecule has 5 rings (SSSR count). The SMILES string of the molecule is Clc1ccc2c(c1)C(c1ccccc1Cl)=NCc1cn(CNc3ccccn3)nc1-2. The van der Waals surface area contributed by atoms with E-state index in [1.54, 1.807) is 6.20 Å². The molecule has 0 aliphatic carbocycles. The predicted octanol–water partition coefficient (Wildman–Crippen LogP) is 5.67. The van der Waals surface area contributed by atoms with Crippen LogP contribution in [-0.2, 0) is 13.2 Å². The predicted molar refractivity (Wildman–Crippen MR) is 121 cm³/mol. The average Bonchev–Trinajstić information content (AvgIpc) is 3.11. The number of halogens is 2. The molecule has 0 fully saturated rings. The van der Waals surface area contributed by atoms with Gasteiger partial charge in [-0.05, 0) is 30.3 Å². The lowest BCUT2D eigenvalue weighted by atomic mass is 9.95. The lowest BCUT2D eigenvalue weighted by molar-refractivity contribution is 0.669. The summed E-state index contributed by atoms with van der Waals surface area (Å²) in [4.78, 5) is 9.18. The first-order valence-corrected chi connectivity index (χ1v) is 10.3. The highest BCUT2D eigenvalue weighted by Crippen LogP contribution is 2.34. The fourth-order valence-corrected chi connectivity index (χ4v) is 3.96. The van der Waals surface area contributed by atoms with Crippen molar-refractivity contribution >= 4 is 34.7 Å². The molecule has 0 amide bonds. The van der Waals surface area contributed by atoms with Gasteiger partial charge < -0.3 is 5.32 Å². The van der Waals surface area contributed by atoms with Crippen LogP contribution in [-0.4, -0.2) is 20.5 Å². The van der Waals surface area contributed by atoms with Crippen LogP contribution >= 0.6 is 23.2 Å². The summed E-state index contributed by atoms with van der Waals surface area (Å²) in [6, 6.07) is 19.3. The van der Waals surface area contributed by atoms with E-state index in [-0.39, 0.29) is 0 Å². The maximum absolute atomic E-state index is 6.48. The van der Waals surface area contributed by atoms with Gasteiger partial charge >= 0.3 is 0 Å². The molecule has 0 atom stereocenters. The van der Waals surface area contributed by atoms with Gasteiger partial charge in [0.15, 0.2) is 0 Å². The molecule has 2 aromatic heterocycles. The lowest BCUT2D eigenvalue weighted by Gasteiger charge is -2.12. The topological polar surface area (TPSA) is 55.1 Å². The van der Waals surface area contributed by atoms with Crippen molar-refractivity contribution in [2.24, 2.45) is 4.99 Å². The Morgan fingerprint density at radius 3 is 2.63 bits per heavy atom. The zero-order valence-electron chi connectivity index (χ0n) is 15.9. The molecule has 0 unspecified atom stereocenters. The normalized spacial score (nSPS) is 12.5. The molecular formula is C23H17Cl2N5. The molecule has 148 valence electrons. The molecule has 1 aliphatic rings. The summed E-state index contributed by atoms with van der Waals surface area (Å²) in [5.41, 5.74) is 5.57. The maximum Gasteiger partial charge on any atom is 0.127 e. The van der Waals surface area contributed by atoms with Crippen molar-refractivity contribution in [1.82, 2.24) is 14.8 Å². The molecule has 4 aromatic rings. The third kappa shape index (κ3) is 3.58. The number of benzene rings is 2. The van der Waals surface area contributed by atoms with Crippen LogP contribution < -0.4 is 5.32 Å². The smallest absolute Gasteiger partial charge is 0.127 e. The van der Waals surface area contributed by atoms with Crippen LogP contribution in [0.15, 0.2) is 78.0 Å². The van der Waals surface area contributed by atoms with Gasteiger partial charge in [0.05, 0.1) is 18.0 Å². The Bertz CT molecular complexity index is 1250. The van der Waals surface area contributed by atoms with Crippen LogP contribution in [0.25, 0.3) is 11.3 Å². The van der Waals surface area contributed by atoms with E-state index in [2.05, 4.69) is 10.3 Å². The van der Waals surface area contributed by atoms with Crippen LogP contribution in [0.5, 0.6) is 0 Å². The molecule has 0 saturated heterocycles. The molecular weight excluding hydrogens is 417 g/mol. The minimum absolute atomic E-state index is 0.506. The fourth-order valence-electron chi connectivity index (χ4n) is 3.57.